The Labute approximate surface area is 78.6 Å². The molecule has 1 rings (SSSR count). The molecule has 0 aliphatic carbocycles. The minimum absolute atomic E-state index is 0.231. The number of nitrogens with two attached hydrogens (primary N) is 1. The highest BCUT2D eigenvalue weighted by molar-refractivity contribution is 7.10. The van der Waals surface area contributed by atoms with Gasteiger partial charge in [0, 0.05) is 10.9 Å². The maximum Gasteiger partial charge on any atom is 0.0418 e. The number of hydrogen-bond donors (Lipinski definition) is 1. The highest BCUT2D eigenvalue weighted by Crippen LogP contribution is 2.28. The van der Waals surface area contributed by atoms with E-state index in [0.717, 1.165) is 6.42 Å². The first kappa shape index (κ1) is 9.75. The van der Waals surface area contributed by atoms with Gasteiger partial charge in [0.15, 0.2) is 0 Å². The standard InChI is InChI=1S/C10H17NS/c1-4-7(2)9(11)10-8(3)5-6-12-10/h5-7,9H,4,11H2,1-3H3/t7?,9-/m1/s1. The van der Waals surface area contributed by atoms with E-state index in [2.05, 4.69) is 32.2 Å². The molecule has 2 atom stereocenters. The summed E-state index contributed by atoms with van der Waals surface area (Å²) in [5.41, 5.74) is 7.45. The van der Waals surface area contributed by atoms with E-state index in [1.807, 2.05) is 0 Å². The number of thiophene rings is 1. The van der Waals surface area contributed by atoms with Gasteiger partial charge in [-0.25, -0.2) is 0 Å². The summed E-state index contributed by atoms with van der Waals surface area (Å²) in [6.45, 7) is 6.53. The summed E-state index contributed by atoms with van der Waals surface area (Å²) in [5, 5.41) is 2.12. The van der Waals surface area contributed by atoms with Crippen molar-refractivity contribution in [2.24, 2.45) is 11.7 Å². The highest BCUT2D eigenvalue weighted by atomic mass is 32.1. The number of hydrogen-bond acceptors (Lipinski definition) is 2. The van der Waals surface area contributed by atoms with Crippen LogP contribution in [0.3, 0.4) is 0 Å². The molecule has 1 aromatic rings. The third kappa shape index (κ3) is 1.87. The predicted octanol–water partition coefficient (Wildman–Crippen LogP) is 3.10. The lowest BCUT2D eigenvalue weighted by molar-refractivity contribution is 0.461. The van der Waals surface area contributed by atoms with Crippen LogP contribution in [-0.4, -0.2) is 0 Å². The third-order valence-corrected chi connectivity index (χ3v) is 3.58. The average molecular weight is 183 g/mol. The Morgan fingerprint density at radius 3 is 2.67 bits per heavy atom. The maximum atomic E-state index is 6.10. The average Bonchev–Trinajstić information content (AvgIpc) is 2.48. The number of rotatable bonds is 3. The second-order valence-corrected chi connectivity index (χ2v) is 4.33. The molecule has 0 aromatic carbocycles. The Hall–Kier alpha value is -0.340. The lowest BCUT2D eigenvalue weighted by atomic mass is 9.97. The fraction of sp³-hybridized carbons (Fsp3) is 0.600. The van der Waals surface area contributed by atoms with Crippen LogP contribution in [0, 0.1) is 12.8 Å². The van der Waals surface area contributed by atoms with E-state index in [4.69, 9.17) is 5.73 Å². The van der Waals surface area contributed by atoms with E-state index in [0.29, 0.717) is 5.92 Å². The van der Waals surface area contributed by atoms with Crippen molar-refractivity contribution in [2.75, 3.05) is 0 Å². The van der Waals surface area contributed by atoms with E-state index in [-0.39, 0.29) is 6.04 Å². The SMILES string of the molecule is CCC(C)[C@@H](N)c1sccc1C. The molecule has 0 radical (unpaired) electrons. The van der Waals surface area contributed by atoms with Crippen LogP contribution in [0.25, 0.3) is 0 Å². The van der Waals surface area contributed by atoms with Gasteiger partial charge in [0.1, 0.15) is 0 Å². The molecule has 1 nitrogen and oxygen atoms in total. The summed E-state index contributed by atoms with van der Waals surface area (Å²) in [5.74, 6) is 0.586. The van der Waals surface area contributed by atoms with Crippen molar-refractivity contribution in [3.05, 3.63) is 21.9 Å². The van der Waals surface area contributed by atoms with Crippen LogP contribution in [0.15, 0.2) is 11.4 Å². The largest absolute Gasteiger partial charge is 0.323 e. The minimum Gasteiger partial charge on any atom is -0.323 e. The molecule has 0 aliphatic rings. The topological polar surface area (TPSA) is 26.0 Å². The Morgan fingerprint density at radius 1 is 1.58 bits per heavy atom. The van der Waals surface area contributed by atoms with Crippen molar-refractivity contribution in [3.63, 3.8) is 0 Å². The van der Waals surface area contributed by atoms with Crippen LogP contribution in [0.4, 0.5) is 0 Å². The van der Waals surface area contributed by atoms with Gasteiger partial charge in [-0.1, -0.05) is 20.3 Å². The van der Waals surface area contributed by atoms with Gasteiger partial charge in [-0.3, -0.25) is 0 Å². The zero-order valence-corrected chi connectivity index (χ0v) is 8.82. The monoisotopic (exact) mass is 183 g/mol. The second-order valence-electron chi connectivity index (χ2n) is 3.38. The minimum atomic E-state index is 0.231. The van der Waals surface area contributed by atoms with Gasteiger partial charge in [0.2, 0.25) is 0 Å². The second kappa shape index (κ2) is 4.06. The molecule has 68 valence electrons. The molecule has 0 saturated heterocycles. The van der Waals surface area contributed by atoms with Crippen LogP contribution in [0.1, 0.15) is 36.8 Å². The molecule has 12 heavy (non-hydrogen) atoms. The number of aryl methyl sites for hydroxylation is 1. The molecular weight excluding hydrogens is 166 g/mol. The first-order valence-electron chi connectivity index (χ1n) is 4.46. The Bertz CT molecular complexity index is 242. The van der Waals surface area contributed by atoms with Gasteiger partial charge in [-0.2, -0.15) is 0 Å². The quantitative estimate of drug-likeness (QED) is 0.765. The summed E-state index contributed by atoms with van der Waals surface area (Å²) < 4.78 is 0. The molecule has 0 aliphatic heterocycles. The van der Waals surface area contributed by atoms with Gasteiger partial charge in [0.05, 0.1) is 0 Å². The molecule has 0 fully saturated rings. The van der Waals surface area contributed by atoms with Crippen LogP contribution in [0.2, 0.25) is 0 Å². The van der Waals surface area contributed by atoms with E-state index in [1.54, 1.807) is 11.3 Å². The first-order valence-corrected chi connectivity index (χ1v) is 5.34. The highest BCUT2D eigenvalue weighted by Gasteiger charge is 2.15. The predicted molar refractivity (Wildman–Crippen MR) is 55.4 cm³/mol. The van der Waals surface area contributed by atoms with E-state index in [1.165, 1.54) is 10.4 Å². The summed E-state index contributed by atoms with van der Waals surface area (Å²) >= 11 is 1.78. The van der Waals surface area contributed by atoms with Gasteiger partial charge in [-0.15, -0.1) is 11.3 Å². The molecule has 2 heteroatoms. The van der Waals surface area contributed by atoms with Crippen LogP contribution < -0.4 is 5.73 Å². The summed E-state index contributed by atoms with van der Waals surface area (Å²) in [6.07, 6.45) is 1.15. The fourth-order valence-electron chi connectivity index (χ4n) is 1.24. The van der Waals surface area contributed by atoms with Crippen molar-refractivity contribution in [2.45, 2.75) is 33.2 Å². The Balaban J connectivity index is 2.77. The fourth-order valence-corrected chi connectivity index (χ4v) is 2.30. The van der Waals surface area contributed by atoms with Crippen molar-refractivity contribution in [1.82, 2.24) is 0 Å². The van der Waals surface area contributed by atoms with E-state index < -0.39 is 0 Å². The van der Waals surface area contributed by atoms with Crippen LogP contribution >= 0.6 is 11.3 Å². The summed E-state index contributed by atoms with van der Waals surface area (Å²) in [7, 11) is 0. The van der Waals surface area contributed by atoms with Crippen molar-refractivity contribution < 1.29 is 0 Å². The smallest absolute Gasteiger partial charge is 0.0418 e. The molecule has 2 N–H and O–H groups in total. The molecule has 1 unspecified atom stereocenters. The van der Waals surface area contributed by atoms with E-state index >= 15 is 0 Å². The third-order valence-electron chi connectivity index (χ3n) is 2.46. The van der Waals surface area contributed by atoms with Crippen molar-refractivity contribution >= 4 is 11.3 Å². The summed E-state index contributed by atoms with van der Waals surface area (Å²) in [6, 6.07) is 2.37. The first-order chi connectivity index (χ1) is 5.66. The molecule has 0 bridgehead atoms. The maximum absolute atomic E-state index is 6.10. The molecule has 1 heterocycles. The zero-order chi connectivity index (χ0) is 9.14. The lowest BCUT2D eigenvalue weighted by Gasteiger charge is -2.17. The Kier molecular flexibility index (Phi) is 3.29. The molecule has 0 amide bonds. The van der Waals surface area contributed by atoms with Crippen LogP contribution in [0.5, 0.6) is 0 Å². The van der Waals surface area contributed by atoms with Gasteiger partial charge in [0.25, 0.3) is 0 Å². The van der Waals surface area contributed by atoms with Crippen molar-refractivity contribution in [1.29, 1.82) is 0 Å². The van der Waals surface area contributed by atoms with Gasteiger partial charge < -0.3 is 5.73 Å². The molecule has 1 aromatic heterocycles. The lowest BCUT2D eigenvalue weighted by Crippen LogP contribution is -2.17. The van der Waals surface area contributed by atoms with E-state index in [9.17, 15) is 0 Å². The molecule has 0 saturated carbocycles. The molecular formula is C10H17NS. The summed E-state index contributed by atoms with van der Waals surface area (Å²) in [4.78, 5) is 1.35. The van der Waals surface area contributed by atoms with Gasteiger partial charge >= 0.3 is 0 Å². The normalized spacial score (nSPS) is 16.0. The molecule has 0 spiro atoms. The zero-order valence-electron chi connectivity index (χ0n) is 8.00. The van der Waals surface area contributed by atoms with Crippen molar-refractivity contribution in [3.8, 4) is 0 Å². The van der Waals surface area contributed by atoms with Crippen LogP contribution in [-0.2, 0) is 0 Å². The van der Waals surface area contributed by atoms with Gasteiger partial charge in [-0.05, 0) is 29.9 Å². The Morgan fingerprint density at radius 2 is 2.25 bits per heavy atom.